The summed E-state index contributed by atoms with van der Waals surface area (Å²) in [6.07, 6.45) is 6.25. The maximum absolute atomic E-state index is 13.9. The van der Waals surface area contributed by atoms with Crippen LogP contribution in [0.4, 0.5) is 4.39 Å². The molecule has 0 N–H and O–H groups in total. The first kappa shape index (κ1) is 16.5. The average molecular weight is 307 g/mol. The molecule has 1 aliphatic carbocycles. The van der Waals surface area contributed by atoms with E-state index in [0.717, 1.165) is 25.7 Å². The second kappa shape index (κ2) is 7.38. The van der Waals surface area contributed by atoms with Gasteiger partial charge in [0, 0.05) is 5.56 Å². The number of carbonyl (C=O) groups is 1. The molecule has 4 nitrogen and oxygen atoms in total. The summed E-state index contributed by atoms with van der Waals surface area (Å²) in [5.74, 6) is -1.23. The maximum Gasteiger partial charge on any atom is 0.360 e. The molecule has 1 aliphatic rings. The summed E-state index contributed by atoms with van der Waals surface area (Å²) in [5.41, 5.74) is -0.459. The van der Waals surface area contributed by atoms with Crippen molar-refractivity contribution in [3.63, 3.8) is 0 Å². The molecule has 0 saturated heterocycles. The number of methoxy groups -OCH3 is 1. The van der Waals surface area contributed by atoms with Crippen molar-refractivity contribution in [3.8, 4) is 0 Å². The molecule has 22 heavy (non-hydrogen) atoms. The highest BCUT2D eigenvalue weighted by Gasteiger charge is 2.29. The Morgan fingerprint density at radius 3 is 2.41 bits per heavy atom. The van der Waals surface area contributed by atoms with Crippen LogP contribution < -0.4 is 0 Å². The van der Waals surface area contributed by atoms with Gasteiger partial charge in [0.2, 0.25) is 0 Å². The first-order valence-electron chi connectivity index (χ1n) is 7.65. The summed E-state index contributed by atoms with van der Waals surface area (Å²) < 4.78 is 18.6. The lowest BCUT2D eigenvalue weighted by Crippen LogP contribution is -2.28. The van der Waals surface area contributed by atoms with E-state index < -0.39 is 17.4 Å². The first-order valence-corrected chi connectivity index (χ1v) is 7.65. The third-order valence-corrected chi connectivity index (χ3v) is 4.03. The summed E-state index contributed by atoms with van der Waals surface area (Å²) in [6, 6.07) is 5.97. The van der Waals surface area contributed by atoms with Gasteiger partial charge in [0.1, 0.15) is 11.4 Å². The second-order valence-electron chi connectivity index (χ2n) is 5.87. The van der Waals surface area contributed by atoms with E-state index in [1.165, 1.54) is 32.1 Å². The molecule has 0 aliphatic heterocycles. The predicted octanol–water partition coefficient (Wildman–Crippen LogP) is 3.83. The van der Waals surface area contributed by atoms with Crippen LogP contribution in [-0.2, 0) is 14.4 Å². The minimum absolute atomic E-state index is 0.0894. The summed E-state index contributed by atoms with van der Waals surface area (Å²) in [4.78, 5) is 17.6. The van der Waals surface area contributed by atoms with Crippen LogP contribution in [-0.4, -0.2) is 24.4 Å². The van der Waals surface area contributed by atoms with Gasteiger partial charge < -0.3 is 9.57 Å². The number of oxime groups is 1. The molecule has 1 fully saturated rings. The first-order chi connectivity index (χ1) is 10.6. The zero-order valence-corrected chi connectivity index (χ0v) is 13.1. The molecule has 0 spiro atoms. The van der Waals surface area contributed by atoms with Gasteiger partial charge >= 0.3 is 5.97 Å². The summed E-state index contributed by atoms with van der Waals surface area (Å²) in [6.45, 7) is 1.98. The number of carbonyl (C=O) groups excluding carboxylic acids is 1. The fraction of sp³-hybridized carbons (Fsp3) is 0.529. The normalized spacial score (nSPS) is 18.4. The minimum atomic E-state index is -0.706. The topological polar surface area (TPSA) is 47.9 Å². The molecule has 1 aromatic rings. The van der Waals surface area contributed by atoms with Crippen molar-refractivity contribution in [2.45, 2.75) is 51.0 Å². The molecule has 0 heterocycles. The number of nitrogens with zero attached hydrogens (tertiary/aromatic N) is 1. The van der Waals surface area contributed by atoms with Crippen LogP contribution in [0.5, 0.6) is 0 Å². The highest BCUT2D eigenvalue weighted by molar-refractivity contribution is 6.43. The van der Waals surface area contributed by atoms with Crippen molar-refractivity contribution >= 4 is 11.7 Å². The van der Waals surface area contributed by atoms with Crippen LogP contribution in [0.3, 0.4) is 0 Å². The Labute approximate surface area is 130 Å². The quantitative estimate of drug-likeness (QED) is 0.367. The van der Waals surface area contributed by atoms with Crippen molar-refractivity contribution in [1.29, 1.82) is 0 Å². The van der Waals surface area contributed by atoms with Gasteiger partial charge in [-0.1, -0.05) is 30.1 Å². The molecule has 0 bridgehead atoms. The van der Waals surface area contributed by atoms with E-state index in [1.807, 2.05) is 6.92 Å². The van der Waals surface area contributed by atoms with Crippen LogP contribution >= 0.6 is 0 Å². The number of esters is 1. The van der Waals surface area contributed by atoms with Crippen molar-refractivity contribution in [1.82, 2.24) is 0 Å². The van der Waals surface area contributed by atoms with E-state index in [4.69, 9.17) is 9.57 Å². The van der Waals surface area contributed by atoms with Crippen molar-refractivity contribution < 1.29 is 18.8 Å². The molecule has 0 unspecified atom stereocenters. The number of hydrogen-bond acceptors (Lipinski definition) is 4. The third-order valence-electron chi connectivity index (χ3n) is 4.03. The van der Waals surface area contributed by atoms with Gasteiger partial charge in [0.25, 0.3) is 0 Å². The summed E-state index contributed by atoms with van der Waals surface area (Å²) in [7, 11) is 1.24. The lowest BCUT2D eigenvalue weighted by molar-refractivity contribution is -0.133. The molecule has 5 heteroatoms. The predicted molar refractivity (Wildman–Crippen MR) is 82.1 cm³/mol. The lowest BCUT2D eigenvalue weighted by atomic mass is 9.97. The highest BCUT2D eigenvalue weighted by Crippen LogP contribution is 2.30. The molecule has 0 amide bonds. The Morgan fingerprint density at radius 1 is 1.18 bits per heavy atom. The van der Waals surface area contributed by atoms with Gasteiger partial charge in [0.05, 0.1) is 7.11 Å². The highest BCUT2D eigenvalue weighted by atomic mass is 19.1. The van der Waals surface area contributed by atoms with Gasteiger partial charge in [-0.25, -0.2) is 9.18 Å². The van der Waals surface area contributed by atoms with Crippen LogP contribution in [0.25, 0.3) is 0 Å². The zero-order valence-electron chi connectivity index (χ0n) is 13.1. The fourth-order valence-electron chi connectivity index (χ4n) is 2.67. The van der Waals surface area contributed by atoms with Gasteiger partial charge in [-0.15, -0.1) is 0 Å². The van der Waals surface area contributed by atoms with E-state index in [0.29, 0.717) is 0 Å². The van der Waals surface area contributed by atoms with E-state index in [9.17, 15) is 9.18 Å². The van der Waals surface area contributed by atoms with E-state index in [1.54, 1.807) is 12.1 Å². The largest absolute Gasteiger partial charge is 0.464 e. The molecule has 0 atom stereocenters. The van der Waals surface area contributed by atoms with Crippen LogP contribution in [0.2, 0.25) is 0 Å². The van der Waals surface area contributed by atoms with Gasteiger partial charge in [-0.2, -0.15) is 0 Å². The van der Waals surface area contributed by atoms with Gasteiger partial charge in [-0.05, 0) is 44.7 Å². The fourth-order valence-corrected chi connectivity index (χ4v) is 2.67. The Morgan fingerprint density at radius 2 is 1.82 bits per heavy atom. The average Bonchev–Trinajstić information content (AvgIpc) is 2.74. The molecule has 2 rings (SSSR count). The molecular weight excluding hydrogens is 285 g/mol. The van der Waals surface area contributed by atoms with Crippen molar-refractivity contribution in [3.05, 3.63) is 35.6 Å². The number of rotatable bonds is 4. The van der Waals surface area contributed by atoms with Crippen molar-refractivity contribution in [2.75, 3.05) is 7.11 Å². The molecule has 0 radical (unpaired) electrons. The minimum Gasteiger partial charge on any atom is -0.464 e. The monoisotopic (exact) mass is 307 g/mol. The number of ether oxygens (including phenoxy) is 1. The maximum atomic E-state index is 13.9. The standard InChI is InChI=1S/C17H22FNO3/c1-17(11-7-3-4-8-12-17)22-19-15(16(20)21-2)13-9-5-6-10-14(13)18/h5-6,9-10H,3-4,7-8,11-12H2,1-2H3. The lowest BCUT2D eigenvalue weighted by Gasteiger charge is -2.25. The second-order valence-corrected chi connectivity index (χ2v) is 5.87. The summed E-state index contributed by atoms with van der Waals surface area (Å²) in [5, 5.41) is 3.96. The number of hydrogen-bond donors (Lipinski definition) is 0. The van der Waals surface area contributed by atoms with E-state index >= 15 is 0 Å². The number of benzene rings is 1. The Kier molecular flexibility index (Phi) is 5.52. The van der Waals surface area contributed by atoms with Crippen molar-refractivity contribution in [2.24, 2.45) is 5.16 Å². The van der Waals surface area contributed by atoms with Crippen LogP contribution in [0.1, 0.15) is 51.0 Å². The summed E-state index contributed by atoms with van der Waals surface area (Å²) >= 11 is 0. The molecular formula is C17H22FNO3. The third kappa shape index (κ3) is 4.06. The van der Waals surface area contributed by atoms with Crippen LogP contribution in [0.15, 0.2) is 29.4 Å². The smallest absolute Gasteiger partial charge is 0.360 e. The van der Waals surface area contributed by atoms with E-state index in [-0.39, 0.29) is 11.3 Å². The Hall–Kier alpha value is -1.91. The Balaban J connectivity index is 2.25. The Bertz CT molecular complexity index is 549. The number of halogens is 1. The zero-order chi connectivity index (χ0) is 16.0. The molecule has 1 saturated carbocycles. The molecule has 0 aromatic heterocycles. The SMILES string of the molecule is COC(=O)C(=NOC1(C)CCCCCC1)c1ccccc1F. The van der Waals surface area contributed by atoms with Gasteiger partial charge in [-0.3, -0.25) is 0 Å². The van der Waals surface area contributed by atoms with E-state index in [2.05, 4.69) is 5.16 Å². The van der Waals surface area contributed by atoms with Crippen LogP contribution in [0, 0.1) is 5.82 Å². The molecule has 120 valence electrons. The van der Waals surface area contributed by atoms with Gasteiger partial charge in [0.15, 0.2) is 5.71 Å². The molecule has 1 aromatic carbocycles.